The van der Waals surface area contributed by atoms with E-state index < -0.39 is 6.48 Å². The van der Waals surface area contributed by atoms with Crippen molar-refractivity contribution in [1.29, 1.82) is 0 Å². The van der Waals surface area contributed by atoms with Crippen molar-refractivity contribution >= 4 is 17.4 Å². The molecule has 1 fully saturated rings. The average molecular weight is 252 g/mol. The highest BCUT2D eigenvalue weighted by molar-refractivity contribution is 6.95. The number of hydrogen-bond acceptors (Lipinski definition) is 2. The SMILES string of the molecule is Cc1ccc([B-]2(c3ccc(C)cc3)NCCO2)cc1. The highest BCUT2D eigenvalue weighted by atomic mass is 16.5. The largest absolute Gasteiger partial charge is 0.570 e. The van der Waals surface area contributed by atoms with Crippen molar-refractivity contribution in [2.24, 2.45) is 0 Å². The van der Waals surface area contributed by atoms with Crippen LogP contribution in [0.5, 0.6) is 0 Å². The van der Waals surface area contributed by atoms with E-state index in [4.69, 9.17) is 4.65 Å². The van der Waals surface area contributed by atoms with Gasteiger partial charge in [0.05, 0.1) is 0 Å². The van der Waals surface area contributed by atoms with Crippen molar-refractivity contribution < 1.29 is 4.65 Å². The van der Waals surface area contributed by atoms with Crippen LogP contribution in [0.15, 0.2) is 48.5 Å². The van der Waals surface area contributed by atoms with Crippen molar-refractivity contribution in [2.45, 2.75) is 13.8 Å². The second-order valence-corrected chi connectivity index (χ2v) is 5.43. The standard InChI is InChI=1S/C16H19BNO/c1-13-3-7-15(8-4-13)17(18-11-12-19-17)16-9-5-14(2)6-10-16/h3-10,18H,11-12H2,1-2H3/q-1. The topological polar surface area (TPSA) is 21.3 Å². The first-order valence-corrected chi connectivity index (χ1v) is 6.89. The first-order chi connectivity index (χ1) is 9.21. The third-order valence-electron chi connectivity index (χ3n) is 4.00. The van der Waals surface area contributed by atoms with E-state index in [1.165, 1.54) is 22.1 Å². The fraction of sp³-hybridized carbons (Fsp3) is 0.250. The summed E-state index contributed by atoms with van der Waals surface area (Å²) in [5, 5.41) is 3.58. The maximum atomic E-state index is 6.14. The van der Waals surface area contributed by atoms with E-state index in [-0.39, 0.29) is 0 Å². The molecule has 0 spiro atoms. The van der Waals surface area contributed by atoms with Gasteiger partial charge in [-0.2, -0.15) is 10.9 Å². The van der Waals surface area contributed by atoms with Gasteiger partial charge in [0.1, 0.15) is 0 Å². The van der Waals surface area contributed by atoms with Crippen LogP contribution in [0.2, 0.25) is 0 Å². The average Bonchev–Trinajstić information content (AvgIpc) is 2.91. The lowest BCUT2D eigenvalue weighted by Crippen LogP contribution is -2.67. The van der Waals surface area contributed by atoms with Gasteiger partial charge in [0.15, 0.2) is 0 Å². The highest BCUT2D eigenvalue weighted by Crippen LogP contribution is 2.10. The highest BCUT2D eigenvalue weighted by Gasteiger charge is 2.32. The van der Waals surface area contributed by atoms with Crippen LogP contribution in [0.3, 0.4) is 0 Å². The van der Waals surface area contributed by atoms with E-state index in [1.54, 1.807) is 0 Å². The number of hydrogen-bond donors (Lipinski definition) is 1. The molecule has 1 aliphatic heterocycles. The minimum absolute atomic E-state index is 0.766. The van der Waals surface area contributed by atoms with Crippen LogP contribution >= 0.6 is 0 Å². The van der Waals surface area contributed by atoms with Crippen LogP contribution in [0.4, 0.5) is 0 Å². The Morgan fingerprint density at radius 1 is 0.842 bits per heavy atom. The smallest absolute Gasteiger partial charge is 0.239 e. The minimum atomic E-state index is -1.25. The molecule has 0 bridgehead atoms. The van der Waals surface area contributed by atoms with Crippen LogP contribution in [0.25, 0.3) is 0 Å². The molecular formula is C16H19BNO-. The third-order valence-corrected chi connectivity index (χ3v) is 4.00. The molecule has 0 unspecified atom stereocenters. The number of rotatable bonds is 2. The number of nitrogens with one attached hydrogen (secondary N) is 1. The van der Waals surface area contributed by atoms with Crippen molar-refractivity contribution in [3.05, 3.63) is 59.7 Å². The summed E-state index contributed by atoms with van der Waals surface area (Å²) in [6.45, 7) is 4.64. The second kappa shape index (κ2) is 4.84. The molecule has 1 heterocycles. The third kappa shape index (κ3) is 2.20. The van der Waals surface area contributed by atoms with Gasteiger partial charge < -0.3 is 9.88 Å². The summed E-state index contributed by atoms with van der Waals surface area (Å²) in [4.78, 5) is 0. The number of aryl methyl sites for hydroxylation is 2. The maximum Gasteiger partial charge on any atom is 0.239 e. The van der Waals surface area contributed by atoms with Crippen molar-refractivity contribution in [2.75, 3.05) is 13.2 Å². The molecule has 19 heavy (non-hydrogen) atoms. The molecule has 0 aromatic heterocycles. The predicted octanol–water partition coefficient (Wildman–Crippen LogP) is 1.48. The van der Waals surface area contributed by atoms with Crippen LogP contribution in [-0.4, -0.2) is 19.6 Å². The predicted molar refractivity (Wildman–Crippen MR) is 81.3 cm³/mol. The van der Waals surface area contributed by atoms with Crippen molar-refractivity contribution in [1.82, 2.24) is 5.23 Å². The van der Waals surface area contributed by atoms with Crippen LogP contribution in [0, 0.1) is 13.8 Å². The fourth-order valence-electron chi connectivity index (χ4n) is 2.85. The molecule has 1 saturated heterocycles. The van der Waals surface area contributed by atoms with Gasteiger partial charge in [0.25, 0.3) is 0 Å². The Hall–Kier alpha value is -1.58. The quantitative estimate of drug-likeness (QED) is 0.817. The molecule has 0 aliphatic carbocycles. The monoisotopic (exact) mass is 252 g/mol. The second-order valence-electron chi connectivity index (χ2n) is 5.43. The van der Waals surface area contributed by atoms with Crippen LogP contribution in [-0.2, 0) is 4.65 Å². The zero-order valence-electron chi connectivity index (χ0n) is 11.5. The molecule has 0 amide bonds. The molecule has 0 saturated carbocycles. The molecule has 2 nitrogen and oxygen atoms in total. The molecule has 2 aromatic rings. The van der Waals surface area contributed by atoms with Crippen molar-refractivity contribution in [3.63, 3.8) is 0 Å². The normalized spacial score (nSPS) is 17.6. The zero-order valence-corrected chi connectivity index (χ0v) is 11.5. The van der Waals surface area contributed by atoms with E-state index in [0.29, 0.717) is 0 Å². The summed E-state index contributed by atoms with van der Waals surface area (Å²) in [5.74, 6) is 0. The Bertz CT molecular complexity index is 509. The molecule has 1 aliphatic rings. The fourth-order valence-corrected chi connectivity index (χ4v) is 2.85. The molecule has 98 valence electrons. The van der Waals surface area contributed by atoms with E-state index >= 15 is 0 Å². The molecule has 0 radical (unpaired) electrons. The molecule has 3 heteroatoms. The van der Waals surface area contributed by atoms with Gasteiger partial charge in [0.2, 0.25) is 6.48 Å². The molecule has 1 N–H and O–H groups in total. The van der Waals surface area contributed by atoms with E-state index in [9.17, 15) is 0 Å². The molecule has 2 aromatic carbocycles. The molecular weight excluding hydrogens is 233 g/mol. The minimum Gasteiger partial charge on any atom is -0.570 e. The summed E-state index contributed by atoms with van der Waals surface area (Å²) in [5.41, 5.74) is 5.01. The van der Waals surface area contributed by atoms with Gasteiger partial charge in [-0.25, -0.2) is 0 Å². The van der Waals surface area contributed by atoms with Gasteiger partial charge in [-0.15, -0.1) is 0 Å². The van der Waals surface area contributed by atoms with E-state index in [0.717, 1.165) is 13.2 Å². The lowest BCUT2D eigenvalue weighted by molar-refractivity contribution is 0.367. The summed E-state index contributed by atoms with van der Waals surface area (Å²) in [6, 6.07) is 17.3. The Balaban J connectivity index is 2.08. The van der Waals surface area contributed by atoms with Gasteiger partial charge >= 0.3 is 0 Å². The Morgan fingerprint density at radius 3 is 1.68 bits per heavy atom. The Kier molecular flexibility index (Phi) is 3.17. The summed E-state index contributed by atoms with van der Waals surface area (Å²) in [6.07, 6.45) is 0. The van der Waals surface area contributed by atoms with Gasteiger partial charge in [0, 0.05) is 6.61 Å². The summed E-state index contributed by atoms with van der Waals surface area (Å²) < 4.78 is 6.14. The summed E-state index contributed by atoms with van der Waals surface area (Å²) in [7, 11) is 0. The Morgan fingerprint density at radius 2 is 1.32 bits per heavy atom. The van der Waals surface area contributed by atoms with Crippen LogP contribution in [0.1, 0.15) is 11.1 Å². The molecule has 3 rings (SSSR count). The first-order valence-electron chi connectivity index (χ1n) is 6.89. The molecule has 0 atom stereocenters. The van der Waals surface area contributed by atoms with E-state index in [2.05, 4.69) is 67.6 Å². The maximum absolute atomic E-state index is 6.14. The van der Waals surface area contributed by atoms with Gasteiger partial charge in [-0.1, -0.05) is 59.7 Å². The van der Waals surface area contributed by atoms with E-state index in [1.807, 2.05) is 0 Å². The van der Waals surface area contributed by atoms with Gasteiger partial charge in [-0.3, -0.25) is 0 Å². The van der Waals surface area contributed by atoms with Gasteiger partial charge in [-0.05, 0) is 20.4 Å². The zero-order chi connectivity index (χ0) is 13.3. The lowest BCUT2D eigenvalue weighted by atomic mass is 9.42. The van der Waals surface area contributed by atoms with Crippen LogP contribution < -0.4 is 16.2 Å². The van der Waals surface area contributed by atoms with Crippen molar-refractivity contribution in [3.8, 4) is 0 Å². The first kappa shape index (κ1) is 12.5. The lowest BCUT2D eigenvalue weighted by Gasteiger charge is -2.37. The summed E-state index contributed by atoms with van der Waals surface area (Å²) >= 11 is 0. The Labute approximate surface area is 114 Å². The number of benzene rings is 2.